The molecule has 1 radical (unpaired) electrons. The summed E-state index contributed by atoms with van der Waals surface area (Å²) in [5.41, 5.74) is 0. The fraction of sp³-hybridized carbons (Fsp3) is 0.167. The highest BCUT2D eigenvalue weighted by molar-refractivity contribution is 5.71. The molecule has 0 aliphatic carbocycles. The largest absolute Gasteiger partial charge is 0.255 e. The van der Waals surface area contributed by atoms with Gasteiger partial charge in [-0.15, -0.1) is 0 Å². The molecule has 0 N–H and O–H groups in total. The fourth-order valence-corrected chi connectivity index (χ4v) is 0.399. The molecule has 7 heavy (non-hydrogen) atoms. The first-order chi connectivity index (χ1) is 3.50. The van der Waals surface area contributed by atoms with Crippen LogP contribution in [0.2, 0.25) is 0 Å². The topological polar surface area (TPSA) is 12.4 Å². The molecule has 0 unspecified atom stereocenters. The van der Waals surface area contributed by atoms with E-state index in [4.69, 9.17) is 0 Å². The Balaban J connectivity index is 2.60. The molecule has 1 aliphatic heterocycles. The summed E-state index contributed by atoms with van der Waals surface area (Å²) >= 11 is 0. The Hall–Kier alpha value is -0.850. The van der Waals surface area contributed by atoms with Crippen LogP contribution in [0.15, 0.2) is 29.4 Å². The molecule has 0 aromatic heterocycles. The standard InChI is InChI=1S/C6H6N/c1-2-4-6-7-5-3-1/h1,3-4,6H,2H2. The van der Waals surface area contributed by atoms with E-state index < -0.39 is 0 Å². The van der Waals surface area contributed by atoms with Crippen molar-refractivity contribution in [1.29, 1.82) is 0 Å². The van der Waals surface area contributed by atoms with Gasteiger partial charge in [0.15, 0.2) is 0 Å². The monoisotopic (exact) mass is 92.1 g/mol. The van der Waals surface area contributed by atoms with E-state index in [1.807, 2.05) is 18.2 Å². The quantitative estimate of drug-likeness (QED) is 0.428. The molecule has 1 heteroatoms. The first-order valence-corrected chi connectivity index (χ1v) is 2.25. The number of aliphatic imine (C=N–C) groups is 1. The van der Waals surface area contributed by atoms with E-state index in [1.54, 1.807) is 6.20 Å². The van der Waals surface area contributed by atoms with E-state index in [-0.39, 0.29) is 0 Å². The van der Waals surface area contributed by atoms with Crippen LogP contribution in [0.4, 0.5) is 0 Å². The van der Waals surface area contributed by atoms with Crippen molar-refractivity contribution < 1.29 is 0 Å². The van der Waals surface area contributed by atoms with E-state index in [9.17, 15) is 0 Å². The van der Waals surface area contributed by atoms with Crippen LogP contribution >= 0.6 is 0 Å². The van der Waals surface area contributed by atoms with Crippen molar-refractivity contribution in [2.75, 3.05) is 0 Å². The van der Waals surface area contributed by atoms with Crippen molar-refractivity contribution in [2.45, 2.75) is 6.42 Å². The lowest BCUT2D eigenvalue weighted by Gasteiger charge is -1.68. The minimum absolute atomic E-state index is 0.983. The molecule has 1 nitrogen and oxygen atoms in total. The second kappa shape index (κ2) is 2.35. The molecule has 0 bridgehead atoms. The van der Waals surface area contributed by atoms with Crippen molar-refractivity contribution in [2.24, 2.45) is 4.99 Å². The van der Waals surface area contributed by atoms with Gasteiger partial charge in [0.1, 0.15) is 0 Å². The predicted molar refractivity (Wildman–Crippen MR) is 30.3 cm³/mol. The Morgan fingerprint density at radius 3 is 3.43 bits per heavy atom. The highest BCUT2D eigenvalue weighted by atomic mass is 14.7. The van der Waals surface area contributed by atoms with Gasteiger partial charge in [0.2, 0.25) is 0 Å². The van der Waals surface area contributed by atoms with Crippen LogP contribution in [-0.2, 0) is 0 Å². The van der Waals surface area contributed by atoms with E-state index in [0.29, 0.717) is 0 Å². The molecule has 0 saturated carbocycles. The second-order valence-corrected chi connectivity index (χ2v) is 1.28. The number of rotatable bonds is 0. The highest BCUT2D eigenvalue weighted by Crippen LogP contribution is 1.88. The Kier molecular flexibility index (Phi) is 1.44. The minimum atomic E-state index is 0.983. The first kappa shape index (κ1) is 4.31. The summed E-state index contributed by atoms with van der Waals surface area (Å²) in [5, 5.41) is 0. The van der Waals surface area contributed by atoms with Gasteiger partial charge < -0.3 is 0 Å². The van der Waals surface area contributed by atoms with Gasteiger partial charge >= 0.3 is 0 Å². The van der Waals surface area contributed by atoms with Gasteiger partial charge in [-0.1, -0.05) is 12.2 Å². The van der Waals surface area contributed by atoms with Crippen LogP contribution in [0.3, 0.4) is 0 Å². The third-order valence-electron chi connectivity index (χ3n) is 0.719. The van der Waals surface area contributed by atoms with Crippen LogP contribution in [-0.4, -0.2) is 6.21 Å². The zero-order valence-electron chi connectivity index (χ0n) is 3.96. The lowest BCUT2D eigenvalue weighted by Crippen LogP contribution is -1.54. The lowest BCUT2D eigenvalue weighted by molar-refractivity contribution is 1.39. The molecule has 35 valence electrons. The smallest absolute Gasteiger partial charge is 0.0882 e. The molecular formula is C6H6N. The lowest BCUT2D eigenvalue weighted by atomic mass is 10.4. The predicted octanol–water partition coefficient (Wildman–Crippen LogP) is 1.41. The van der Waals surface area contributed by atoms with Crippen molar-refractivity contribution in [1.82, 2.24) is 0 Å². The van der Waals surface area contributed by atoms with Gasteiger partial charge in [-0.3, -0.25) is 4.99 Å². The zero-order chi connectivity index (χ0) is 4.95. The Morgan fingerprint density at radius 2 is 2.43 bits per heavy atom. The number of hydrogen-bond acceptors (Lipinski definition) is 1. The maximum Gasteiger partial charge on any atom is 0.0882 e. The molecule has 0 fully saturated rings. The average Bonchev–Trinajstić information content (AvgIpc) is 1.90. The molecule has 1 rings (SSSR count). The fourth-order valence-electron chi connectivity index (χ4n) is 0.399. The molecule has 1 aliphatic rings. The van der Waals surface area contributed by atoms with Gasteiger partial charge in [-0.25, -0.2) is 0 Å². The maximum absolute atomic E-state index is 3.75. The first-order valence-electron chi connectivity index (χ1n) is 2.25. The molecule has 0 saturated heterocycles. The summed E-state index contributed by atoms with van der Waals surface area (Å²) in [6.45, 7) is 0. The Labute approximate surface area is 43.1 Å². The maximum atomic E-state index is 3.75. The third-order valence-corrected chi connectivity index (χ3v) is 0.719. The van der Waals surface area contributed by atoms with Gasteiger partial charge in [-0.2, -0.15) is 0 Å². The van der Waals surface area contributed by atoms with Crippen LogP contribution < -0.4 is 0 Å². The molecule has 0 amide bonds. The van der Waals surface area contributed by atoms with E-state index in [2.05, 4.69) is 11.2 Å². The van der Waals surface area contributed by atoms with E-state index in [0.717, 1.165) is 6.42 Å². The van der Waals surface area contributed by atoms with Gasteiger partial charge in [-0.05, 0) is 12.5 Å². The summed E-state index contributed by atoms with van der Waals surface area (Å²) in [4.78, 5) is 3.75. The summed E-state index contributed by atoms with van der Waals surface area (Å²) < 4.78 is 0. The molecular weight excluding hydrogens is 86.1 g/mol. The zero-order valence-corrected chi connectivity index (χ0v) is 3.96. The van der Waals surface area contributed by atoms with Crippen LogP contribution in [0.25, 0.3) is 0 Å². The number of nitrogens with zero attached hydrogens (tertiary/aromatic N) is 1. The van der Waals surface area contributed by atoms with Gasteiger partial charge in [0.05, 0.1) is 6.21 Å². The van der Waals surface area contributed by atoms with Crippen LogP contribution in [0, 0.1) is 0 Å². The Bertz CT molecular complexity index is 106. The van der Waals surface area contributed by atoms with Crippen LogP contribution in [0.1, 0.15) is 6.42 Å². The summed E-state index contributed by atoms with van der Waals surface area (Å²) in [6, 6.07) is 0. The van der Waals surface area contributed by atoms with Crippen molar-refractivity contribution in [3.63, 3.8) is 0 Å². The summed E-state index contributed by atoms with van der Waals surface area (Å²) in [7, 11) is 0. The molecule has 0 aromatic carbocycles. The van der Waals surface area contributed by atoms with Crippen LogP contribution in [0.5, 0.6) is 0 Å². The van der Waals surface area contributed by atoms with E-state index >= 15 is 0 Å². The van der Waals surface area contributed by atoms with Gasteiger partial charge in [0, 0.05) is 6.20 Å². The third kappa shape index (κ3) is 1.35. The highest BCUT2D eigenvalue weighted by Gasteiger charge is 1.72. The van der Waals surface area contributed by atoms with Crippen molar-refractivity contribution in [3.05, 3.63) is 24.4 Å². The SMILES string of the molecule is [C]1=NC=CCC=C1. The Morgan fingerprint density at radius 1 is 1.43 bits per heavy atom. The number of allylic oxidation sites excluding steroid dienone is 3. The second-order valence-electron chi connectivity index (χ2n) is 1.28. The van der Waals surface area contributed by atoms with E-state index in [1.165, 1.54) is 0 Å². The van der Waals surface area contributed by atoms with Crippen molar-refractivity contribution in [3.8, 4) is 0 Å². The normalized spacial score (nSPS) is 17.1. The van der Waals surface area contributed by atoms with Gasteiger partial charge in [0.25, 0.3) is 0 Å². The molecule has 0 atom stereocenters. The average molecular weight is 92.1 g/mol. The molecule has 0 aromatic rings. The number of hydrogen-bond donors (Lipinski definition) is 0. The molecule has 0 spiro atoms. The summed E-state index contributed by atoms with van der Waals surface area (Å²) in [6.07, 6.45) is 11.2. The molecule has 1 heterocycles. The summed E-state index contributed by atoms with van der Waals surface area (Å²) in [5.74, 6) is 0. The minimum Gasteiger partial charge on any atom is -0.255 e. The van der Waals surface area contributed by atoms with Crippen molar-refractivity contribution >= 4 is 6.21 Å².